The van der Waals surface area contributed by atoms with Crippen LogP contribution >= 0.6 is 0 Å². The number of piperazine rings is 1. The molecule has 2 rings (SSSR count). The maximum atomic E-state index is 5.72. The largest absolute Gasteiger partial charge is 0.368 e. The van der Waals surface area contributed by atoms with Gasteiger partial charge in [-0.15, -0.1) is 0 Å². The second-order valence-corrected chi connectivity index (χ2v) is 4.62. The van der Waals surface area contributed by atoms with Crippen molar-refractivity contribution in [2.75, 3.05) is 31.1 Å². The molecule has 3 heteroatoms. The number of aryl methyl sites for hydroxylation is 2. The van der Waals surface area contributed by atoms with Gasteiger partial charge in [-0.05, 0) is 31.0 Å². The van der Waals surface area contributed by atoms with E-state index in [9.17, 15) is 0 Å². The van der Waals surface area contributed by atoms with Gasteiger partial charge in [0.05, 0.1) is 0 Å². The van der Waals surface area contributed by atoms with Gasteiger partial charge in [0.15, 0.2) is 0 Å². The van der Waals surface area contributed by atoms with E-state index in [0.717, 1.165) is 19.6 Å². The van der Waals surface area contributed by atoms with Crippen LogP contribution in [0.5, 0.6) is 0 Å². The van der Waals surface area contributed by atoms with E-state index in [1.807, 2.05) is 0 Å². The molecule has 1 fully saturated rings. The smallest absolute Gasteiger partial charge is 0.0399 e. The van der Waals surface area contributed by atoms with Crippen molar-refractivity contribution in [3.63, 3.8) is 0 Å². The first kappa shape index (κ1) is 11.4. The topological polar surface area (TPSA) is 41.3 Å². The van der Waals surface area contributed by atoms with Gasteiger partial charge < -0.3 is 16.0 Å². The number of hydrogen-bond acceptors (Lipinski definition) is 3. The lowest BCUT2D eigenvalue weighted by Crippen LogP contribution is -2.53. The van der Waals surface area contributed by atoms with E-state index in [-0.39, 0.29) is 0 Å². The zero-order valence-corrected chi connectivity index (χ0v) is 10.2. The molecule has 3 N–H and O–H groups in total. The molecule has 1 aliphatic heterocycles. The van der Waals surface area contributed by atoms with E-state index in [1.54, 1.807) is 0 Å². The fraction of sp³-hybridized carbons (Fsp3) is 0.538. The van der Waals surface area contributed by atoms with Crippen LogP contribution in [-0.2, 0) is 0 Å². The van der Waals surface area contributed by atoms with Crippen molar-refractivity contribution < 1.29 is 0 Å². The molecule has 0 amide bonds. The molecule has 0 saturated carbocycles. The third kappa shape index (κ3) is 2.36. The first-order valence-corrected chi connectivity index (χ1v) is 5.96. The second-order valence-electron chi connectivity index (χ2n) is 4.62. The van der Waals surface area contributed by atoms with E-state index in [1.165, 1.54) is 16.8 Å². The zero-order chi connectivity index (χ0) is 11.5. The van der Waals surface area contributed by atoms with Crippen LogP contribution in [0.25, 0.3) is 0 Å². The fourth-order valence-electron chi connectivity index (χ4n) is 2.26. The number of benzene rings is 1. The van der Waals surface area contributed by atoms with Crippen LogP contribution in [0, 0.1) is 13.8 Å². The van der Waals surface area contributed by atoms with Gasteiger partial charge in [0, 0.05) is 37.9 Å². The Hall–Kier alpha value is -1.06. The molecule has 0 bridgehead atoms. The van der Waals surface area contributed by atoms with Crippen molar-refractivity contribution in [3.8, 4) is 0 Å². The van der Waals surface area contributed by atoms with Crippen molar-refractivity contribution in [2.24, 2.45) is 5.73 Å². The Morgan fingerprint density at radius 1 is 1.44 bits per heavy atom. The third-order valence-electron chi connectivity index (χ3n) is 3.25. The number of nitrogens with one attached hydrogen (secondary N) is 1. The van der Waals surface area contributed by atoms with Crippen LogP contribution in [0.15, 0.2) is 18.2 Å². The highest BCUT2D eigenvalue weighted by Gasteiger charge is 2.19. The summed E-state index contributed by atoms with van der Waals surface area (Å²) < 4.78 is 0. The molecule has 0 spiro atoms. The quantitative estimate of drug-likeness (QED) is 0.781. The minimum Gasteiger partial charge on any atom is -0.368 e. The molecule has 1 atom stereocenters. The lowest BCUT2D eigenvalue weighted by molar-refractivity contribution is 0.463. The molecule has 1 heterocycles. The summed E-state index contributed by atoms with van der Waals surface area (Å²) in [7, 11) is 0. The Kier molecular flexibility index (Phi) is 3.46. The average Bonchev–Trinajstić information content (AvgIpc) is 2.32. The summed E-state index contributed by atoms with van der Waals surface area (Å²) in [6, 6.07) is 7.06. The maximum absolute atomic E-state index is 5.72. The first-order valence-electron chi connectivity index (χ1n) is 5.96. The number of nitrogens with zero attached hydrogens (tertiary/aromatic N) is 1. The summed E-state index contributed by atoms with van der Waals surface area (Å²) in [5, 5.41) is 3.44. The highest BCUT2D eigenvalue weighted by molar-refractivity contribution is 5.55. The van der Waals surface area contributed by atoms with Crippen molar-refractivity contribution >= 4 is 5.69 Å². The van der Waals surface area contributed by atoms with Gasteiger partial charge in [0.2, 0.25) is 0 Å². The highest BCUT2D eigenvalue weighted by Crippen LogP contribution is 2.22. The van der Waals surface area contributed by atoms with Crippen LogP contribution in [0.2, 0.25) is 0 Å². The molecule has 16 heavy (non-hydrogen) atoms. The fourth-order valence-corrected chi connectivity index (χ4v) is 2.26. The van der Waals surface area contributed by atoms with Gasteiger partial charge >= 0.3 is 0 Å². The Morgan fingerprint density at radius 3 is 3.00 bits per heavy atom. The molecule has 88 valence electrons. The maximum Gasteiger partial charge on any atom is 0.0399 e. The average molecular weight is 219 g/mol. The van der Waals surface area contributed by atoms with Gasteiger partial charge in [-0.2, -0.15) is 0 Å². The Morgan fingerprint density at radius 2 is 2.25 bits per heavy atom. The number of nitrogens with two attached hydrogens (primary N) is 1. The van der Waals surface area contributed by atoms with Gasteiger partial charge in [0.25, 0.3) is 0 Å². The summed E-state index contributed by atoms with van der Waals surface area (Å²) in [5.41, 5.74) is 9.76. The minimum atomic E-state index is 0.425. The Balaban J connectivity index is 2.19. The van der Waals surface area contributed by atoms with Gasteiger partial charge in [-0.25, -0.2) is 0 Å². The summed E-state index contributed by atoms with van der Waals surface area (Å²) in [6.45, 7) is 8.14. The van der Waals surface area contributed by atoms with Crippen molar-refractivity contribution in [1.82, 2.24) is 5.32 Å². The standard InChI is InChI=1S/C13H21N3/c1-10-3-4-11(2)13(7-10)16-6-5-15-12(8-14)9-16/h3-4,7,12,15H,5-6,8-9,14H2,1-2H3. The molecule has 0 aliphatic carbocycles. The highest BCUT2D eigenvalue weighted by atomic mass is 15.2. The van der Waals surface area contributed by atoms with E-state index >= 15 is 0 Å². The monoisotopic (exact) mass is 219 g/mol. The lowest BCUT2D eigenvalue weighted by atomic mass is 10.1. The SMILES string of the molecule is Cc1ccc(C)c(N2CCNC(CN)C2)c1. The van der Waals surface area contributed by atoms with Gasteiger partial charge in [0.1, 0.15) is 0 Å². The second kappa shape index (κ2) is 4.85. The lowest BCUT2D eigenvalue weighted by Gasteiger charge is -2.35. The molecule has 3 nitrogen and oxygen atoms in total. The number of rotatable bonds is 2. The molecule has 1 unspecified atom stereocenters. The number of hydrogen-bond donors (Lipinski definition) is 2. The summed E-state index contributed by atoms with van der Waals surface area (Å²) in [6.07, 6.45) is 0. The molecule has 1 aromatic rings. The molecule has 0 radical (unpaired) electrons. The summed E-state index contributed by atoms with van der Waals surface area (Å²) in [5.74, 6) is 0. The van der Waals surface area contributed by atoms with Gasteiger partial charge in [-0.1, -0.05) is 12.1 Å². The van der Waals surface area contributed by atoms with Crippen molar-refractivity contribution in [2.45, 2.75) is 19.9 Å². The molecule has 1 saturated heterocycles. The zero-order valence-electron chi connectivity index (χ0n) is 10.2. The predicted molar refractivity (Wildman–Crippen MR) is 69.0 cm³/mol. The third-order valence-corrected chi connectivity index (χ3v) is 3.25. The van der Waals surface area contributed by atoms with Crippen LogP contribution in [0.3, 0.4) is 0 Å². The molecule has 1 aliphatic rings. The predicted octanol–water partition coefficient (Wildman–Crippen LogP) is 1.04. The molecule has 1 aromatic carbocycles. The number of anilines is 1. The molecular weight excluding hydrogens is 198 g/mol. The van der Waals surface area contributed by atoms with E-state index < -0.39 is 0 Å². The van der Waals surface area contributed by atoms with Crippen LogP contribution < -0.4 is 16.0 Å². The van der Waals surface area contributed by atoms with Crippen LogP contribution in [-0.4, -0.2) is 32.2 Å². The van der Waals surface area contributed by atoms with Crippen molar-refractivity contribution in [3.05, 3.63) is 29.3 Å². The van der Waals surface area contributed by atoms with Gasteiger partial charge in [-0.3, -0.25) is 0 Å². The Labute approximate surface area is 97.6 Å². The van der Waals surface area contributed by atoms with Crippen LogP contribution in [0.1, 0.15) is 11.1 Å². The van der Waals surface area contributed by atoms with E-state index in [0.29, 0.717) is 12.6 Å². The van der Waals surface area contributed by atoms with Crippen LogP contribution in [0.4, 0.5) is 5.69 Å². The first-order chi connectivity index (χ1) is 7.70. The summed E-state index contributed by atoms with van der Waals surface area (Å²) >= 11 is 0. The Bertz CT molecular complexity index is 362. The molecular formula is C13H21N3. The van der Waals surface area contributed by atoms with E-state index in [2.05, 4.69) is 42.3 Å². The normalized spacial score (nSPS) is 21.2. The van der Waals surface area contributed by atoms with E-state index in [4.69, 9.17) is 5.73 Å². The molecule has 0 aromatic heterocycles. The summed E-state index contributed by atoms with van der Waals surface area (Å²) in [4.78, 5) is 2.44. The minimum absolute atomic E-state index is 0.425. The van der Waals surface area contributed by atoms with Crippen molar-refractivity contribution in [1.29, 1.82) is 0 Å².